The SMILES string of the molecule is C[C@H](NCc1cccc(C(=O)NCc2ccco2)c1)c1cccs1. The molecular weight excluding hydrogens is 320 g/mol. The molecule has 5 heteroatoms. The molecule has 0 radical (unpaired) electrons. The van der Waals surface area contributed by atoms with Crippen LogP contribution in [0.4, 0.5) is 0 Å². The Balaban J connectivity index is 1.56. The number of rotatable bonds is 7. The molecule has 2 heterocycles. The Morgan fingerprint density at radius 1 is 1.17 bits per heavy atom. The van der Waals surface area contributed by atoms with Crippen LogP contribution in [0.15, 0.2) is 64.6 Å². The molecule has 0 unspecified atom stereocenters. The smallest absolute Gasteiger partial charge is 0.251 e. The Kier molecular flexibility index (Phi) is 5.46. The van der Waals surface area contributed by atoms with E-state index in [2.05, 4.69) is 35.1 Å². The second-order valence-corrected chi connectivity index (χ2v) is 6.56. The van der Waals surface area contributed by atoms with Gasteiger partial charge in [0.05, 0.1) is 12.8 Å². The topological polar surface area (TPSA) is 54.3 Å². The van der Waals surface area contributed by atoms with E-state index in [1.807, 2.05) is 36.4 Å². The number of nitrogens with one attached hydrogen (secondary N) is 2. The van der Waals surface area contributed by atoms with Gasteiger partial charge in [-0.25, -0.2) is 0 Å². The zero-order chi connectivity index (χ0) is 16.8. The third-order valence-corrected chi connectivity index (χ3v) is 4.83. The molecule has 0 saturated carbocycles. The lowest BCUT2D eigenvalue weighted by Gasteiger charge is -2.12. The molecule has 2 N–H and O–H groups in total. The van der Waals surface area contributed by atoms with Gasteiger partial charge in [-0.05, 0) is 48.2 Å². The van der Waals surface area contributed by atoms with Gasteiger partial charge in [0, 0.05) is 23.0 Å². The summed E-state index contributed by atoms with van der Waals surface area (Å²) in [7, 11) is 0. The number of amides is 1. The highest BCUT2D eigenvalue weighted by atomic mass is 32.1. The van der Waals surface area contributed by atoms with Crippen LogP contribution in [0.2, 0.25) is 0 Å². The lowest BCUT2D eigenvalue weighted by Crippen LogP contribution is -2.23. The Labute approximate surface area is 145 Å². The number of carbonyl (C=O) groups excluding carboxylic acids is 1. The normalized spacial score (nSPS) is 12.0. The summed E-state index contributed by atoms with van der Waals surface area (Å²) in [5, 5.41) is 8.43. The average molecular weight is 340 g/mol. The largest absolute Gasteiger partial charge is 0.467 e. The minimum atomic E-state index is -0.0976. The molecule has 2 aromatic heterocycles. The van der Waals surface area contributed by atoms with E-state index in [0.29, 0.717) is 18.2 Å². The van der Waals surface area contributed by atoms with Crippen LogP contribution in [0.3, 0.4) is 0 Å². The maximum absolute atomic E-state index is 12.2. The fourth-order valence-corrected chi connectivity index (χ4v) is 3.17. The van der Waals surface area contributed by atoms with Crippen molar-refractivity contribution < 1.29 is 9.21 Å². The maximum Gasteiger partial charge on any atom is 0.251 e. The molecule has 0 fully saturated rings. The first-order valence-corrected chi connectivity index (χ1v) is 8.76. The Morgan fingerprint density at radius 3 is 2.83 bits per heavy atom. The number of furan rings is 1. The van der Waals surface area contributed by atoms with E-state index in [1.54, 1.807) is 17.6 Å². The molecule has 3 aromatic rings. The summed E-state index contributed by atoms with van der Waals surface area (Å²) < 4.78 is 5.22. The first-order valence-electron chi connectivity index (χ1n) is 7.88. The maximum atomic E-state index is 12.2. The van der Waals surface area contributed by atoms with Gasteiger partial charge in [-0.3, -0.25) is 4.79 Å². The van der Waals surface area contributed by atoms with E-state index in [1.165, 1.54) is 4.88 Å². The molecule has 1 amide bonds. The van der Waals surface area contributed by atoms with Crippen LogP contribution in [0.1, 0.15) is 39.5 Å². The summed E-state index contributed by atoms with van der Waals surface area (Å²) in [4.78, 5) is 13.6. The van der Waals surface area contributed by atoms with Gasteiger partial charge >= 0.3 is 0 Å². The molecule has 0 saturated heterocycles. The lowest BCUT2D eigenvalue weighted by atomic mass is 10.1. The minimum absolute atomic E-state index is 0.0976. The van der Waals surface area contributed by atoms with Crippen molar-refractivity contribution in [1.29, 1.82) is 0 Å². The number of hydrogen-bond donors (Lipinski definition) is 2. The highest BCUT2D eigenvalue weighted by Gasteiger charge is 2.09. The molecule has 124 valence electrons. The molecule has 4 nitrogen and oxygen atoms in total. The fourth-order valence-electron chi connectivity index (χ4n) is 2.41. The van der Waals surface area contributed by atoms with Crippen molar-refractivity contribution in [3.8, 4) is 0 Å². The van der Waals surface area contributed by atoms with Crippen LogP contribution in [0, 0.1) is 0 Å². The monoisotopic (exact) mass is 340 g/mol. The van der Waals surface area contributed by atoms with Crippen molar-refractivity contribution in [1.82, 2.24) is 10.6 Å². The highest BCUT2D eigenvalue weighted by molar-refractivity contribution is 7.10. The summed E-state index contributed by atoms with van der Waals surface area (Å²) in [6.45, 7) is 3.26. The van der Waals surface area contributed by atoms with Gasteiger partial charge in [-0.2, -0.15) is 0 Å². The molecule has 24 heavy (non-hydrogen) atoms. The van der Waals surface area contributed by atoms with Crippen LogP contribution in [0.25, 0.3) is 0 Å². The van der Waals surface area contributed by atoms with Gasteiger partial charge in [0.25, 0.3) is 5.91 Å². The van der Waals surface area contributed by atoms with Gasteiger partial charge in [0.15, 0.2) is 0 Å². The Bertz CT molecular complexity index is 767. The number of benzene rings is 1. The fraction of sp³-hybridized carbons (Fsp3) is 0.211. The quantitative estimate of drug-likeness (QED) is 0.680. The van der Waals surface area contributed by atoms with Crippen LogP contribution >= 0.6 is 11.3 Å². The van der Waals surface area contributed by atoms with E-state index in [4.69, 9.17) is 4.42 Å². The third-order valence-electron chi connectivity index (χ3n) is 3.77. The molecule has 1 atom stereocenters. The summed E-state index contributed by atoms with van der Waals surface area (Å²) in [6, 6.07) is 15.8. The molecular formula is C19H20N2O2S. The van der Waals surface area contributed by atoms with E-state index >= 15 is 0 Å². The lowest BCUT2D eigenvalue weighted by molar-refractivity contribution is 0.0948. The van der Waals surface area contributed by atoms with Gasteiger partial charge in [0.1, 0.15) is 5.76 Å². The van der Waals surface area contributed by atoms with Gasteiger partial charge in [0.2, 0.25) is 0 Å². The molecule has 1 aromatic carbocycles. The first-order chi connectivity index (χ1) is 11.7. The van der Waals surface area contributed by atoms with Crippen molar-refractivity contribution in [2.24, 2.45) is 0 Å². The van der Waals surface area contributed by atoms with E-state index in [0.717, 1.165) is 17.9 Å². The number of hydrogen-bond acceptors (Lipinski definition) is 4. The van der Waals surface area contributed by atoms with E-state index in [9.17, 15) is 4.79 Å². The van der Waals surface area contributed by atoms with E-state index in [-0.39, 0.29) is 5.91 Å². The van der Waals surface area contributed by atoms with Crippen molar-refractivity contribution in [2.45, 2.75) is 26.1 Å². The summed E-state index contributed by atoms with van der Waals surface area (Å²) in [5.41, 5.74) is 1.74. The molecule has 0 aliphatic heterocycles. The average Bonchev–Trinajstić information content (AvgIpc) is 3.31. The molecule has 0 aliphatic rings. The summed E-state index contributed by atoms with van der Waals surface area (Å²) >= 11 is 1.74. The van der Waals surface area contributed by atoms with Gasteiger partial charge in [-0.15, -0.1) is 11.3 Å². The molecule has 0 aliphatic carbocycles. The van der Waals surface area contributed by atoms with Crippen LogP contribution < -0.4 is 10.6 Å². The zero-order valence-electron chi connectivity index (χ0n) is 13.5. The van der Waals surface area contributed by atoms with Crippen molar-refractivity contribution in [2.75, 3.05) is 0 Å². The second kappa shape index (κ2) is 7.95. The van der Waals surface area contributed by atoms with Gasteiger partial charge in [-0.1, -0.05) is 18.2 Å². The van der Waals surface area contributed by atoms with Crippen LogP contribution in [-0.2, 0) is 13.1 Å². The molecule has 3 rings (SSSR count). The minimum Gasteiger partial charge on any atom is -0.467 e. The molecule has 0 spiro atoms. The Morgan fingerprint density at radius 2 is 2.08 bits per heavy atom. The van der Waals surface area contributed by atoms with Crippen molar-refractivity contribution >= 4 is 17.2 Å². The first kappa shape index (κ1) is 16.5. The van der Waals surface area contributed by atoms with Crippen LogP contribution in [0.5, 0.6) is 0 Å². The molecule has 0 bridgehead atoms. The van der Waals surface area contributed by atoms with E-state index < -0.39 is 0 Å². The highest BCUT2D eigenvalue weighted by Crippen LogP contribution is 2.18. The van der Waals surface area contributed by atoms with Gasteiger partial charge < -0.3 is 15.1 Å². The predicted molar refractivity (Wildman–Crippen MR) is 95.9 cm³/mol. The second-order valence-electron chi connectivity index (χ2n) is 5.58. The predicted octanol–water partition coefficient (Wildman–Crippen LogP) is 4.12. The van der Waals surface area contributed by atoms with Crippen LogP contribution in [-0.4, -0.2) is 5.91 Å². The summed E-state index contributed by atoms with van der Waals surface area (Å²) in [5.74, 6) is 0.644. The van der Waals surface area contributed by atoms with Crippen molar-refractivity contribution in [3.05, 3.63) is 81.9 Å². The standard InChI is InChI=1S/C19H20N2O2S/c1-14(18-8-4-10-24-18)20-12-15-5-2-6-16(11-15)19(22)21-13-17-7-3-9-23-17/h2-11,14,20H,12-13H2,1H3,(H,21,22)/t14-/m0/s1. The Hall–Kier alpha value is -2.37. The number of carbonyl (C=O) groups is 1. The number of thiophene rings is 1. The zero-order valence-corrected chi connectivity index (χ0v) is 14.3. The summed E-state index contributed by atoms with van der Waals surface area (Å²) in [6.07, 6.45) is 1.60. The third kappa shape index (κ3) is 4.34. The van der Waals surface area contributed by atoms with Crippen molar-refractivity contribution in [3.63, 3.8) is 0 Å².